The van der Waals surface area contributed by atoms with Crippen molar-refractivity contribution in [1.29, 1.82) is 0 Å². The quantitative estimate of drug-likeness (QED) is 0.274. The van der Waals surface area contributed by atoms with Crippen LogP contribution in [0.25, 0.3) is 33.4 Å². The molecule has 0 amide bonds. The Balaban J connectivity index is 1.93. The summed E-state index contributed by atoms with van der Waals surface area (Å²) in [5, 5.41) is 0. The third-order valence-electron chi connectivity index (χ3n) is 5.36. The Morgan fingerprint density at radius 3 is 1.83 bits per heavy atom. The van der Waals surface area contributed by atoms with Crippen molar-refractivity contribution in [2.45, 2.75) is 6.92 Å². The molecule has 0 radical (unpaired) electrons. The summed E-state index contributed by atoms with van der Waals surface area (Å²) >= 11 is 0. The molecule has 0 atom stereocenters. The lowest BCUT2D eigenvalue weighted by atomic mass is 9.88. The van der Waals surface area contributed by atoms with Crippen LogP contribution in [0.15, 0.2) is 91.0 Å². The predicted octanol–water partition coefficient (Wildman–Crippen LogP) is 6.16. The van der Waals surface area contributed by atoms with Gasteiger partial charge in [-0.3, -0.25) is 9.59 Å². The number of fused-ring (bicyclic) bond motifs is 3. The molecule has 0 bridgehead atoms. The molecule has 1 aliphatic rings. The number of carbonyl (C=O) groups is 2. The normalized spacial score (nSPS) is 11.7. The minimum absolute atomic E-state index is 0.00832. The molecule has 3 heteroatoms. The average Bonchev–Trinajstić information content (AvgIpc) is 3.07. The van der Waals surface area contributed by atoms with Gasteiger partial charge < -0.3 is 4.74 Å². The van der Waals surface area contributed by atoms with Crippen LogP contribution >= 0.6 is 0 Å². The molecule has 4 aromatic rings. The smallest absolute Gasteiger partial charge is 0.308 e. The molecular weight excluding hydrogens is 372 g/mol. The highest BCUT2D eigenvalue weighted by Crippen LogP contribution is 2.51. The maximum atomic E-state index is 13.5. The first kappa shape index (κ1) is 18.1. The van der Waals surface area contributed by atoms with E-state index in [2.05, 4.69) is 0 Å². The van der Waals surface area contributed by atoms with Crippen LogP contribution in [0.5, 0.6) is 5.75 Å². The van der Waals surface area contributed by atoms with E-state index < -0.39 is 5.97 Å². The SMILES string of the molecule is CC(=O)Oc1cc(-c2ccccc2)c2c(c1-c1ccccc1)-c1ccccc1C2=O. The van der Waals surface area contributed by atoms with Crippen LogP contribution in [0.2, 0.25) is 0 Å². The number of esters is 1. The number of hydrogen-bond donors (Lipinski definition) is 0. The van der Waals surface area contributed by atoms with Crippen LogP contribution in [0.1, 0.15) is 22.8 Å². The third-order valence-corrected chi connectivity index (χ3v) is 5.36. The van der Waals surface area contributed by atoms with E-state index in [1.807, 2.05) is 91.0 Å². The monoisotopic (exact) mass is 390 g/mol. The van der Waals surface area contributed by atoms with Crippen molar-refractivity contribution in [3.63, 3.8) is 0 Å². The van der Waals surface area contributed by atoms with Gasteiger partial charge in [-0.15, -0.1) is 0 Å². The minimum Gasteiger partial charge on any atom is -0.426 e. The molecule has 3 nitrogen and oxygen atoms in total. The van der Waals surface area contributed by atoms with E-state index in [1.165, 1.54) is 6.92 Å². The maximum absolute atomic E-state index is 13.5. The van der Waals surface area contributed by atoms with Gasteiger partial charge in [0.15, 0.2) is 5.78 Å². The van der Waals surface area contributed by atoms with E-state index in [-0.39, 0.29) is 5.78 Å². The summed E-state index contributed by atoms with van der Waals surface area (Å²) in [6.07, 6.45) is 0. The van der Waals surface area contributed by atoms with Gasteiger partial charge in [0.2, 0.25) is 0 Å². The molecule has 4 aromatic carbocycles. The van der Waals surface area contributed by atoms with Crippen molar-refractivity contribution in [1.82, 2.24) is 0 Å². The van der Waals surface area contributed by atoms with Gasteiger partial charge in [0.1, 0.15) is 5.75 Å². The van der Waals surface area contributed by atoms with Crippen molar-refractivity contribution >= 4 is 11.8 Å². The summed E-state index contributed by atoms with van der Waals surface area (Å²) in [5.41, 5.74) is 6.33. The van der Waals surface area contributed by atoms with Gasteiger partial charge in [-0.05, 0) is 28.3 Å². The number of benzene rings is 4. The molecule has 0 N–H and O–H groups in total. The number of rotatable bonds is 3. The largest absolute Gasteiger partial charge is 0.426 e. The first-order valence-corrected chi connectivity index (χ1v) is 9.79. The summed E-state index contributed by atoms with van der Waals surface area (Å²) in [6.45, 7) is 1.39. The Kier molecular flexibility index (Phi) is 4.29. The molecule has 144 valence electrons. The summed E-state index contributed by atoms with van der Waals surface area (Å²) in [5.74, 6) is 0.0468. The standard InChI is InChI=1S/C27H18O3/c1-17(28)30-23-16-22(18-10-4-2-5-11-18)26-25(24(23)19-12-6-3-7-13-19)20-14-8-9-15-21(20)27(26)29/h2-16H,1H3. The second-order valence-electron chi connectivity index (χ2n) is 7.25. The van der Waals surface area contributed by atoms with Gasteiger partial charge in [-0.25, -0.2) is 0 Å². The number of hydrogen-bond acceptors (Lipinski definition) is 3. The third kappa shape index (κ3) is 2.83. The molecule has 0 aromatic heterocycles. The zero-order valence-corrected chi connectivity index (χ0v) is 16.4. The van der Waals surface area contributed by atoms with Crippen molar-refractivity contribution in [2.75, 3.05) is 0 Å². The zero-order valence-electron chi connectivity index (χ0n) is 16.4. The van der Waals surface area contributed by atoms with E-state index in [1.54, 1.807) is 0 Å². The van der Waals surface area contributed by atoms with Crippen LogP contribution in [-0.2, 0) is 4.79 Å². The van der Waals surface area contributed by atoms with E-state index in [9.17, 15) is 9.59 Å². The number of carbonyl (C=O) groups excluding carboxylic acids is 2. The molecule has 0 saturated heterocycles. The Hall–Kier alpha value is -3.98. The Morgan fingerprint density at radius 2 is 1.20 bits per heavy atom. The zero-order chi connectivity index (χ0) is 20.7. The molecule has 30 heavy (non-hydrogen) atoms. The van der Waals surface area contributed by atoms with Crippen LogP contribution in [0.3, 0.4) is 0 Å². The molecule has 1 aliphatic carbocycles. The molecule has 0 unspecified atom stereocenters. The summed E-state index contributed by atoms with van der Waals surface area (Å²) in [4.78, 5) is 25.5. The maximum Gasteiger partial charge on any atom is 0.308 e. The lowest BCUT2D eigenvalue weighted by Gasteiger charge is -2.18. The molecule has 0 aliphatic heterocycles. The molecule has 0 heterocycles. The molecule has 5 rings (SSSR count). The van der Waals surface area contributed by atoms with Crippen molar-refractivity contribution in [3.05, 3.63) is 102 Å². The Labute approximate surface area is 174 Å². The fourth-order valence-corrected chi connectivity index (χ4v) is 4.17. The minimum atomic E-state index is -0.399. The highest BCUT2D eigenvalue weighted by Gasteiger charge is 2.34. The van der Waals surface area contributed by atoms with E-state index in [4.69, 9.17) is 4.74 Å². The molecule has 0 spiro atoms. The van der Waals surface area contributed by atoms with Crippen LogP contribution < -0.4 is 4.74 Å². The van der Waals surface area contributed by atoms with Crippen molar-refractivity contribution in [3.8, 4) is 39.1 Å². The fraction of sp³-hybridized carbons (Fsp3) is 0.0370. The lowest BCUT2D eigenvalue weighted by Crippen LogP contribution is -2.06. The van der Waals surface area contributed by atoms with Gasteiger partial charge in [-0.1, -0.05) is 84.9 Å². The van der Waals surface area contributed by atoms with Crippen LogP contribution in [0.4, 0.5) is 0 Å². The second-order valence-corrected chi connectivity index (χ2v) is 7.25. The average molecular weight is 390 g/mol. The number of ether oxygens (including phenoxy) is 1. The highest BCUT2D eigenvalue weighted by molar-refractivity contribution is 6.27. The van der Waals surface area contributed by atoms with Gasteiger partial charge in [0.05, 0.1) is 0 Å². The first-order valence-electron chi connectivity index (χ1n) is 9.79. The van der Waals surface area contributed by atoms with Crippen LogP contribution in [0, 0.1) is 0 Å². The highest BCUT2D eigenvalue weighted by atomic mass is 16.5. The van der Waals surface area contributed by atoms with E-state index in [0.29, 0.717) is 16.9 Å². The van der Waals surface area contributed by atoms with Crippen molar-refractivity contribution in [2.24, 2.45) is 0 Å². The lowest BCUT2D eigenvalue weighted by molar-refractivity contribution is -0.131. The molecular formula is C27H18O3. The number of ketones is 1. The Morgan fingerprint density at radius 1 is 0.633 bits per heavy atom. The Bertz CT molecular complexity index is 1290. The first-order chi connectivity index (χ1) is 14.6. The van der Waals surface area contributed by atoms with Gasteiger partial charge in [0, 0.05) is 29.2 Å². The van der Waals surface area contributed by atoms with Crippen molar-refractivity contribution < 1.29 is 14.3 Å². The van der Waals surface area contributed by atoms with E-state index in [0.717, 1.165) is 33.4 Å². The van der Waals surface area contributed by atoms with Crippen LogP contribution in [-0.4, -0.2) is 11.8 Å². The topological polar surface area (TPSA) is 43.4 Å². The summed E-state index contributed by atoms with van der Waals surface area (Å²) in [6, 6.07) is 28.9. The van der Waals surface area contributed by atoms with Gasteiger partial charge >= 0.3 is 5.97 Å². The molecule has 0 saturated carbocycles. The fourth-order valence-electron chi connectivity index (χ4n) is 4.17. The van der Waals surface area contributed by atoms with Gasteiger partial charge in [-0.2, -0.15) is 0 Å². The molecule has 0 fully saturated rings. The van der Waals surface area contributed by atoms with E-state index >= 15 is 0 Å². The van der Waals surface area contributed by atoms with Gasteiger partial charge in [0.25, 0.3) is 0 Å². The summed E-state index contributed by atoms with van der Waals surface area (Å²) in [7, 11) is 0. The predicted molar refractivity (Wildman–Crippen MR) is 117 cm³/mol. The summed E-state index contributed by atoms with van der Waals surface area (Å²) < 4.78 is 5.69. The second kappa shape index (κ2) is 7.12.